The Morgan fingerprint density at radius 3 is 3.11 bits per heavy atom. The molecule has 0 spiro atoms. The first kappa shape index (κ1) is 11.0. The fourth-order valence-electron chi connectivity index (χ4n) is 2.63. The van der Waals surface area contributed by atoms with Crippen LogP contribution >= 0.6 is 0 Å². The predicted octanol–water partition coefficient (Wildman–Crippen LogP) is 1.03. The van der Waals surface area contributed by atoms with Crippen molar-refractivity contribution >= 4 is 17.3 Å². The summed E-state index contributed by atoms with van der Waals surface area (Å²) in [5.74, 6) is 0.0440. The molecule has 1 aliphatic rings. The number of rotatable bonds is 2. The first-order valence-electron chi connectivity index (χ1n) is 5.96. The highest BCUT2D eigenvalue weighted by Gasteiger charge is 2.38. The summed E-state index contributed by atoms with van der Waals surface area (Å²) in [6.07, 6.45) is 5.97. The molecule has 2 unspecified atom stereocenters. The Morgan fingerprint density at radius 1 is 1.50 bits per heavy atom. The Labute approximate surface area is 104 Å². The lowest BCUT2D eigenvalue weighted by Crippen LogP contribution is -2.39. The van der Waals surface area contributed by atoms with E-state index in [4.69, 9.17) is 0 Å². The van der Waals surface area contributed by atoms with Gasteiger partial charge in [-0.05, 0) is 18.4 Å². The van der Waals surface area contributed by atoms with Crippen LogP contribution in [0, 0.1) is 5.92 Å². The normalized spacial score (nSPS) is 23.7. The second-order valence-electron chi connectivity index (χ2n) is 4.65. The summed E-state index contributed by atoms with van der Waals surface area (Å²) in [5.41, 5.74) is 0.845. The average molecular weight is 246 g/mol. The molecular formula is C12H14N4O2. The van der Waals surface area contributed by atoms with E-state index in [9.17, 15) is 9.90 Å². The minimum Gasteiger partial charge on any atom is -0.480 e. The van der Waals surface area contributed by atoms with Crippen LogP contribution in [0.4, 0.5) is 5.82 Å². The second-order valence-corrected chi connectivity index (χ2v) is 4.65. The van der Waals surface area contributed by atoms with Crippen molar-refractivity contribution in [3.63, 3.8) is 0 Å². The predicted molar refractivity (Wildman–Crippen MR) is 65.5 cm³/mol. The van der Waals surface area contributed by atoms with E-state index in [2.05, 4.69) is 10.1 Å². The monoisotopic (exact) mass is 246 g/mol. The Hall–Kier alpha value is -2.11. The van der Waals surface area contributed by atoms with Crippen LogP contribution < -0.4 is 4.90 Å². The zero-order chi connectivity index (χ0) is 12.7. The van der Waals surface area contributed by atoms with Gasteiger partial charge in [-0.3, -0.25) is 0 Å². The molecule has 94 valence electrons. The summed E-state index contributed by atoms with van der Waals surface area (Å²) < 4.78 is 1.71. The third-order valence-electron chi connectivity index (χ3n) is 3.53. The molecule has 18 heavy (non-hydrogen) atoms. The molecule has 2 aromatic heterocycles. The number of aliphatic carboxylic acids is 1. The maximum Gasteiger partial charge on any atom is 0.326 e. The number of fused-ring (bicyclic) bond motifs is 1. The van der Waals surface area contributed by atoms with E-state index < -0.39 is 12.0 Å². The van der Waals surface area contributed by atoms with Crippen LogP contribution in [0.5, 0.6) is 0 Å². The number of carbonyl (C=O) groups is 1. The number of carboxylic acids is 1. The third-order valence-corrected chi connectivity index (χ3v) is 3.53. The van der Waals surface area contributed by atoms with Crippen LogP contribution in [0.3, 0.4) is 0 Å². The van der Waals surface area contributed by atoms with E-state index in [-0.39, 0.29) is 5.92 Å². The molecule has 6 heteroatoms. The molecule has 0 radical (unpaired) electrons. The number of aromatic nitrogens is 3. The van der Waals surface area contributed by atoms with Gasteiger partial charge in [0.25, 0.3) is 0 Å². The van der Waals surface area contributed by atoms with Crippen molar-refractivity contribution in [3.05, 3.63) is 24.7 Å². The molecule has 3 heterocycles. The van der Waals surface area contributed by atoms with E-state index in [1.807, 2.05) is 17.9 Å². The van der Waals surface area contributed by atoms with Crippen LogP contribution in [-0.2, 0) is 4.79 Å². The summed E-state index contributed by atoms with van der Waals surface area (Å²) in [5, 5.41) is 13.5. The van der Waals surface area contributed by atoms with Crippen LogP contribution in [0.2, 0.25) is 0 Å². The van der Waals surface area contributed by atoms with Crippen LogP contribution in [0.15, 0.2) is 24.7 Å². The highest BCUT2D eigenvalue weighted by atomic mass is 16.4. The Bertz CT molecular complexity index is 595. The molecule has 1 aliphatic heterocycles. The van der Waals surface area contributed by atoms with E-state index in [1.165, 1.54) is 0 Å². The molecule has 0 aromatic carbocycles. The van der Waals surface area contributed by atoms with Crippen molar-refractivity contribution in [2.45, 2.75) is 19.4 Å². The van der Waals surface area contributed by atoms with Crippen molar-refractivity contribution < 1.29 is 9.90 Å². The maximum atomic E-state index is 11.4. The van der Waals surface area contributed by atoms with Crippen molar-refractivity contribution in [3.8, 4) is 0 Å². The molecule has 0 saturated carbocycles. The summed E-state index contributed by atoms with van der Waals surface area (Å²) in [7, 11) is 0. The number of nitrogens with zero attached hydrogens (tertiary/aromatic N) is 4. The van der Waals surface area contributed by atoms with Gasteiger partial charge in [-0.15, -0.1) is 0 Å². The summed E-state index contributed by atoms with van der Waals surface area (Å²) in [6.45, 7) is 2.69. The van der Waals surface area contributed by atoms with Gasteiger partial charge >= 0.3 is 5.97 Å². The number of anilines is 1. The molecule has 2 aromatic rings. The molecule has 2 atom stereocenters. The van der Waals surface area contributed by atoms with Crippen LogP contribution in [0.25, 0.3) is 5.52 Å². The van der Waals surface area contributed by atoms with Crippen LogP contribution in [0.1, 0.15) is 13.3 Å². The lowest BCUT2D eigenvalue weighted by Gasteiger charge is -2.24. The summed E-state index contributed by atoms with van der Waals surface area (Å²) in [4.78, 5) is 17.6. The largest absolute Gasteiger partial charge is 0.480 e. The van der Waals surface area contributed by atoms with Gasteiger partial charge < -0.3 is 10.0 Å². The van der Waals surface area contributed by atoms with Crippen molar-refractivity contribution in [1.29, 1.82) is 0 Å². The highest BCUT2D eigenvalue weighted by Crippen LogP contribution is 2.30. The molecule has 0 amide bonds. The molecule has 3 rings (SSSR count). The van der Waals surface area contributed by atoms with E-state index in [1.54, 1.807) is 23.1 Å². The summed E-state index contributed by atoms with van der Waals surface area (Å²) >= 11 is 0. The van der Waals surface area contributed by atoms with Gasteiger partial charge in [-0.25, -0.2) is 14.3 Å². The lowest BCUT2D eigenvalue weighted by atomic mass is 10.0. The van der Waals surface area contributed by atoms with Gasteiger partial charge in [0.2, 0.25) is 0 Å². The fourth-order valence-corrected chi connectivity index (χ4v) is 2.63. The van der Waals surface area contributed by atoms with Crippen LogP contribution in [-0.4, -0.2) is 38.3 Å². The Balaban J connectivity index is 2.09. The topological polar surface area (TPSA) is 70.7 Å². The van der Waals surface area contributed by atoms with Gasteiger partial charge in [0.15, 0.2) is 5.82 Å². The van der Waals surface area contributed by atoms with Gasteiger partial charge in [-0.2, -0.15) is 5.10 Å². The smallest absolute Gasteiger partial charge is 0.326 e. The molecule has 0 aliphatic carbocycles. The fraction of sp³-hybridized carbons (Fsp3) is 0.417. The van der Waals surface area contributed by atoms with E-state index >= 15 is 0 Å². The second kappa shape index (κ2) is 3.97. The molecule has 1 fully saturated rings. The third kappa shape index (κ3) is 1.53. The first-order valence-corrected chi connectivity index (χ1v) is 5.96. The Morgan fingerprint density at radius 2 is 2.33 bits per heavy atom. The van der Waals surface area contributed by atoms with Crippen molar-refractivity contribution in [2.24, 2.45) is 5.92 Å². The van der Waals surface area contributed by atoms with Crippen molar-refractivity contribution in [1.82, 2.24) is 14.6 Å². The lowest BCUT2D eigenvalue weighted by molar-refractivity contribution is -0.139. The quantitative estimate of drug-likeness (QED) is 0.857. The van der Waals surface area contributed by atoms with E-state index in [0.717, 1.165) is 18.5 Å². The number of hydrogen-bond donors (Lipinski definition) is 1. The first-order chi connectivity index (χ1) is 8.68. The molecule has 6 nitrogen and oxygen atoms in total. The molecular weight excluding hydrogens is 232 g/mol. The molecule has 1 saturated heterocycles. The maximum absolute atomic E-state index is 11.4. The van der Waals surface area contributed by atoms with Gasteiger partial charge in [0.05, 0.1) is 6.20 Å². The minimum absolute atomic E-state index is 0.132. The number of hydrogen-bond acceptors (Lipinski definition) is 4. The van der Waals surface area contributed by atoms with Crippen molar-refractivity contribution in [2.75, 3.05) is 11.4 Å². The SMILES string of the molecule is CC1CCN(c2nccn3nccc23)C1C(=O)O. The minimum atomic E-state index is -0.789. The average Bonchev–Trinajstić information content (AvgIpc) is 2.94. The highest BCUT2D eigenvalue weighted by molar-refractivity contribution is 5.82. The van der Waals surface area contributed by atoms with Gasteiger partial charge in [0.1, 0.15) is 11.6 Å². The zero-order valence-electron chi connectivity index (χ0n) is 10.0. The van der Waals surface area contributed by atoms with Gasteiger partial charge in [-0.1, -0.05) is 6.92 Å². The standard InChI is InChI=1S/C12H14N4O2/c1-8-3-6-15(10(8)12(17)18)11-9-2-4-14-16(9)7-5-13-11/h2,4-5,7-8,10H,3,6H2,1H3,(H,17,18). The Kier molecular flexibility index (Phi) is 2.43. The molecule has 1 N–H and O–H groups in total. The molecule has 0 bridgehead atoms. The summed E-state index contributed by atoms with van der Waals surface area (Å²) in [6, 6.07) is 1.35. The number of carboxylic acid groups (broad SMARTS) is 1. The van der Waals surface area contributed by atoms with Gasteiger partial charge in [0, 0.05) is 18.9 Å². The van der Waals surface area contributed by atoms with E-state index in [0.29, 0.717) is 5.82 Å². The zero-order valence-corrected chi connectivity index (χ0v) is 10.0.